The van der Waals surface area contributed by atoms with Crippen LogP contribution < -0.4 is 10.6 Å². The average Bonchev–Trinajstić information content (AvgIpc) is 3.41. The minimum Gasteiger partial charge on any atom is -0.355 e. The molecular formula is C21H26F2N6S. The molecule has 30 heavy (non-hydrogen) atoms. The summed E-state index contributed by atoms with van der Waals surface area (Å²) in [6.07, 6.45) is 3.37. The number of aryl methyl sites for hydroxylation is 1. The van der Waals surface area contributed by atoms with Crippen molar-refractivity contribution in [3.05, 3.63) is 69.9 Å². The molecule has 0 saturated carbocycles. The molecule has 0 saturated heterocycles. The van der Waals surface area contributed by atoms with Crippen LogP contribution in [0.2, 0.25) is 0 Å². The van der Waals surface area contributed by atoms with Gasteiger partial charge in [0.15, 0.2) is 17.6 Å². The van der Waals surface area contributed by atoms with Gasteiger partial charge >= 0.3 is 0 Å². The van der Waals surface area contributed by atoms with Gasteiger partial charge in [0.25, 0.3) is 0 Å². The zero-order chi connectivity index (χ0) is 21.3. The first kappa shape index (κ1) is 21.9. The Morgan fingerprint density at radius 3 is 2.87 bits per heavy atom. The van der Waals surface area contributed by atoms with Crippen LogP contribution in [0.4, 0.5) is 8.78 Å². The third-order valence-corrected chi connectivity index (χ3v) is 5.60. The monoisotopic (exact) mass is 432 g/mol. The van der Waals surface area contributed by atoms with Crippen LogP contribution >= 0.6 is 11.3 Å². The predicted molar refractivity (Wildman–Crippen MR) is 116 cm³/mol. The molecule has 0 amide bonds. The molecule has 0 aliphatic carbocycles. The molecule has 6 nitrogen and oxygen atoms in total. The molecule has 0 aliphatic rings. The fraction of sp³-hybridized carbons (Fsp3) is 0.381. The van der Waals surface area contributed by atoms with Gasteiger partial charge in [0, 0.05) is 37.4 Å². The summed E-state index contributed by atoms with van der Waals surface area (Å²) < 4.78 is 28.8. The molecule has 0 fully saturated rings. The van der Waals surface area contributed by atoms with Gasteiger partial charge in [0.1, 0.15) is 12.2 Å². The fourth-order valence-electron chi connectivity index (χ4n) is 2.99. The number of aliphatic imine (C=N–C) groups is 1. The Balaban J connectivity index is 1.63. The van der Waals surface area contributed by atoms with E-state index in [1.165, 1.54) is 10.9 Å². The van der Waals surface area contributed by atoms with Crippen molar-refractivity contribution in [2.45, 2.75) is 39.3 Å². The van der Waals surface area contributed by atoms with E-state index < -0.39 is 11.6 Å². The molecule has 160 valence electrons. The lowest BCUT2D eigenvalue weighted by atomic mass is 10.1. The lowest BCUT2D eigenvalue weighted by Crippen LogP contribution is -2.40. The molecule has 0 bridgehead atoms. The van der Waals surface area contributed by atoms with Gasteiger partial charge < -0.3 is 15.2 Å². The topological polar surface area (TPSA) is 67.1 Å². The lowest BCUT2D eigenvalue weighted by Gasteiger charge is -2.19. The lowest BCUT2D eigenvalue weighted by molar-refractivity contribution is 0.504. The highest BCUT2D eigenvalue weighted by Gasteiger charge is 2.11. The standard InChI is InChI=1S/C21H26F2N6S/c1-3-20-28-26-14-29(20)11-10-25-21(24-9-8-17-5-4-12-30-17)27-15(2)16-6-7-18(22)19(23)13-16/h4-7,12-15H,3,8-11H2,1-2H3,(H2,24,25,27). The zero-order valence-electron chi connectivity index (χ0n) is 17.1. The largest absolute Gasteiger partial charge is 0.355 e. The van der Waals surface area contributed by atoms with Crippen molar-refractivity contribution in [2.24, 2.45) is 4.99 Å². The maximum atomic E-state index is 13.6. The molecule has 2 N–H and O–H groups in total. The van der Waals surface area contributed by atoms with Crippen molar-refractivity contribution < 1.29 is 8.78 Å². The summed E-state index contributed by atoms with van der Waals surface area (Å²) in [4.78, 5) is 5.93. The Morgan fingerprint density at radius 1 is 1.27 bits per heavy atom. The van der Waals surface area contributed by atoms with E-state index in [0.717, 1.165) is 24.7 Å². The number of hydrogen-bond donors (Lipinski definition) is 2. The van der Waals surface area contributed by atoms with Crippen LogP contribution in [-0.4, -0.2) is 33.8 Å². The van der Waals surface area contributed by atoms with Crippen LogP contribution in [-0.2, 0) is 19.4 Å². The minimum atomic E-state index is -0.856. The maximum absolute atomic E-state index is 13.6. The van der Waals surface area contributed by atoms with E-state index in [-0.39, 0.29) is 6.04 Å². The highest BCUT2D eigenvalue weighted by atomic mass is 32.1. The van der Waals surface area contributed by atoms with Crippen LogP contribution in [0.1, 0.15) is 36.2 Å². The van der Waals surface area contributed by atoms with Crippen LogP contribution in [0.15, 0.2) is 47.0 Å². The van der Waals surface area contributed by atoms with Crippen LogP contribution in [0.5, 0.6) is 0 Å². The Labute approximate surface area is 179 Å². The first-order valence-electron chi connectivity index (χ1n) is 9.95. The molecule has 9 heteroatoms. The number of hydrogen-bond acceptors (Lipinski definition) is 4. The summed E-state index contributed by atoms with van der Waals surface area (Å²) in [5.74, 6) is -0.161. The van der Waals surface area contributed by atoms with Gasteiger partial charge in [-0.15, -0.1) is 21.5 Å². The minimum absolute atomic E-state index is 0.241. The molecule has 0 radical (unpaired) electrons. The average molecular weight is 433 g/mol. The van der Waals surface area contributed by atoms with E-state index in [4.69, 9.17) is 0 Å². The predicted octanol–water partition coefficient (Wildman–Crippen LogP) is 3.72. The van der Waals surface area contributed by atoms with Crippen LogP contribution in [0, 0.1) is 11.6 Å². The van der Waals surface area contributed by atoms with Gasteiger partial charge in [-0.2, -0.15) is 0 Å². The SMILES string of the molecule is CCc1nncn1CCNC(=NCCc1cccs1)NC(C)c1ccc(F)c(F)c1. The maximum Gasteiger partial charge on any atom is 0.191 e. The highest BCUT2D eigenvalue weighted by molar-refractivity contribution is 7.09. The van der Waals surface area contributed by atoms with Crippen molar-refractivity contribution in [1.82, 2.24) is 25.4 Å². The third-order valence-electron chi connectivity index (χ3n) is 4.66. The quantitative estimate of drug-likeness (QED) is 0.400. The molecule has 1 atom stereocenters. The highest BCUT2D eigenvalue weighted by Crippen LogP contribution is 2.16. The van der Waals surface area contributed by atoms with E-state index in [0.29, 0.717) is 31.2 Å². The van der Waals surface area contributed by atoms with Crippen molar-refractivity contribution in [1.29, 1.82) is 0 Å². The first-order valence-corrected chi connectivity index (χ1v) is 10.8. The second kappa shape index (κ2) is 10.8. The fourth-order valence-corrected chi connectivity index (χ4v) is 3.69. The van der Waals surface area contributed by atoms with Crippen LogP contribution in [0.3, 0.4) is 0 Å². The van der Waals surface area contributed by atoms with E-state index in [9.17, 15) is 8.78 Å². The van der Waals surface area contributed by atoms with Gasteiger partial charge in [-0.05, 0) is 36.1 Å². The first-order chi connectivity index (χ1) is 14.6. The molecule has 3 rings (SSSR count). The molecule has 0 aliphatic heterocycles. The molecule has 2 aromatic heterocycles. The number of guanidine groups is 1. The van der Waals surface area contributed by atoms with Gasteiger partial charge in [-0.3, -0.25) is 4.99 Å². The van der Waals surface area contributed by atoms with Crippen LogP contribution in [0.25, 0.3) is 0 Å². The number of nitrogens with one attached hydrogen (secondary N) is 2. The van der Waals surface area contributed by atoms with Crippen molar-refractivity contribution in [3.63, 3.8) is 0 Å². The summed E-state index contributed by atoms with van der Waals surface area (Å²) in [7, 11) is 0. The number of nitrogens with zero attached hydrogens (tertiary/aromatic N) is 4. The smallest absolute Gasteiger partial charge is 0.191 e. The summed E-state index contributed by atoms with van der Waals surface area (Å²) >= 11 is 1.70. The zero-order valence-corrected chi connectivity index (χ0v) is 17.9. The Hall–Kier alpha value is -2.81. The Morgan fingerprint density at radius 2 is 2.13 bits per heavy atom. The summed E-state index contributed by atoms with van der Waals surface area (Å²) in [6, 6.07) is 7.79. The molecule has 1 unspecified atom stereocenters. The van der Waals surface area contributed by atoms with Crippen molar-refractivity contribution in [2.75, 3.05) is 13.1 Å². The van der Waals surface area contributed by atoms with E-state index >= 15 is 0 Å². The second-order valence-electron chi connectivity index (χ2n) is 6.82. The Kier molecular flexibility index (Phi) is 7.89. The number of aromatic nitrogens is 3. The molecule has 0 spiro atoms. The normalized spacial score (nSPS) is 12.7. The molecule has 2 heterocycles. The molecule has 1 aromatic carbocycles. The molecule has 3 aromatic rings. The van der Waals surface area contributed by atoms with Gasteiger partial charge in [0.2, 0.25) is 0 Å². The number of rotatable bonds is 9. The van der Waals surface area contributed by atoms with E-state index in [1.54, 1.807) is 23.7 Å². The van der Waals surface area contributed by atoms with Gasteiger partial charge in [-0.25, -0.2) is 8.78 Å². The number of benzene rings is 1. The van der Waals surface area contributed by atoms with Crippen molar-refractivity contribution in [3.8, 4) is 0 Å². The van der Waals surface area contributed by atoms with E-state index in [1.807, 2.05) is 29.9 Å². The van der Waals surface area contributed by atoms with E-state index in [2.05, 4.69) is 31.9 Å². The third kappa shape index (κ3) is 6.09. The number of thiophene rings is 1. The van der Waals surface area contributed by atoms with Gasteiger partial charge in [0.05, 0.1) is 6.04 Å². The second-order valence-corrected chi connectivity index (χ2v) is 7.85. The summed E-state index contributed by atoms with van der Waals surface area (Å²) in [5, 5.41) is 16.7. The summed E-state index contributed by atoms with van der Waals surface area (Å²) in [5.41, 5.74) is 0.647. The number of halogens is 2. The van der Waals surface area contributed by atoms with Gasteiger partial charge in [-0.1, -0.05) is 19.1 Å². The van der Waals surface area contributed by atoms with Crippen molar-refractivity contribution >= 4 is 17.3 Å². The summed E-state index contributed by atoms with van der Waals surface area (Å²) in [6.45, 7) is 5.86. The Bertz CT molecular complexity index is 954. The molecular weight excluding hydrogens is 406 g/mol.